The van der Waals surface area contributed by atoms with E-state index < -0.39 is 0 Å². The molecule has 2 aromatic carbocycles. The lowest BCUT2D eigenvalue weighted by Gasteiger charge is -2.41. The quantitative estimate of drug-likeness (QED) is 0.232. The molecule has 3 aromatic rings. The number of rotatable bonds is 8. The SMILES string of the molecule is CSN1CCc2c(nc(C)n2C2C[C@H]3C=C[C@@H](C2)N3CCCN(C(=O)Nc2ccc(Cl)cc2)c2ccc(F)cc2)C1. The lowest BCUT2D eigenvalue weighted by atomic mass is 9.95. The van der Waals surface area contributed by atoms with Gasteiger partial charge in [-0.15, -0.1) is 0 Å². The number of hydrogen-bond donors (Lipinski definition) is 1. The second-order valence-electron chi connectivity index (χ2n) is 11.0. The molecule has 41 heavy (non-hydrogen) atoms. The van der Waals surface area contributed by atoms with E-state index >= 15 is 0 Å². The fraction of sp³-hybridized carbons (Fsp3) is 0.419. The van der Waals surface area contributed by atoms with E-state index in [2.05, 4.69) is 44.4 Å². The minimum atomic E-state index is -0.326. The molecule has 4 heterocycles. The number of hydrogen-bond acceptors (Lipinski definition) is 5. The molecule has 1 fully saturated rings. The number of nitrogens with zero attached hydrogens (tertiary/aromatic N) is 5. The summed E-state index contributed by atoms with van der Waals surface area (Å²) in [5, 5.41) is 3.56. The Labute approximate surface area is 250 Å². The third kappa shape index (κ3) is 6.04. The normalized spacial score (nSPS) is 22.1. The van der Waals surface area contributed by atoms with Crippen molar-refractivity contribution in [3.8, 4) is 0 Å². The Morgan fingerprint density at radius 3 is 2.51 bits per heavy atom. The highest BCUT2D eigenvalue weighted by Gasteiger charge is 2.39. The Morgan fingerprint density at radius 1 is 1.12 bits per heavy atom. The van der Waals surface area contributed by atoms with Crippen LogP contribution in [0.5, 0.6) is 0 Å². The molecule has 6 rings (SSSR count). The Balaban J connectivity index is 1.10. The minimum absolute atomic E-state index is 0.251. The van der Waals surface area contributed by atoms with E-state index in [9.17, 15) is 9.18 Å². The molecule has 7 nitrogen and oxygen atoms in total. The molecule has 2 amide bonds. The Bertz CT molecular complexity index is 1400. The topological polar surface area (TPSA) is 56.6 Å². The van der Waals surface area contributed by atoms with Crippen molar-refractivity contribution in [2.75, 3.05) is 36.1 Å². The maximum atomic E-state index is 13.7. The number of fused-ring (bicyclic) bond motifs is 3. The lowest BCUT2D eigenvalue weighted by molar-refractivity contribution is 0.118. The fourth-order valence-electron chi connectivity index (χ4n) is 6.61. The van der Waals surface area contributed by atoms with Crippen molar-refractivity contribution in [2.45, 2.75) is 57.3 Å². The van der Waals surface area contributed by atoms with E-state index in [4.69, 9.17) is 16.6 Å². The van der Waals surface area contributed by atoms with Crippen LogP contribution in [0.2, 0.25) is 5.02 Å². The summed E-state index contributed by atoms with van der Waals surface area (Å²) in [7, 11) is 0. The van der Waals surface area contributed by atoms with Gasteiger partial charge in [0.25, 0.3) is 0 Å². The summed E-state index contributed by atoms with van der Waals surface area (Å²) in [6.07, 6.45) is 10.9. The van der Waals surface area contributed by atoms with Gasteiger partial charge in [0.15, 0.2) is 0 Å². The van der Waals surface area contributed by atoms with Gasteiger partial charge in [-0.05, 0) is 81.0 Å². The number of benzene rings is 2. The average Bonchev–Trinajstić information content (AvgIpc) is 3.42. The average molecular weight is 595 g/mol. The summed E-state index contributed by atoms with van der Waals surface area (Å²) in [6, 6.07) is 14.1. The highest BCUT2D eigenvalue weighted by molar-refractivity contribution is 7.96. The van der Waals surface area contributed by atoms with Gasteiger partial charge in [-0.2, -0.15) is 0 Å². The van der Waals surface area contributed by atoms with Gasteiger partial charge in [-0.25, -0.2) is 18.5 Å². The first-order valence-electron chi connectivity index (χ1n) is 14.3. The van der Waals surface area contributed by atoms with Gasteiger partial charge in [0.2, 0.25) is 0 Å². The van der Waals surface area contributed by atoms with Crippen molar-refractivity contribution in [1.82, 2.24) is 18.8 Å². The number of halogens is 2. The van der Waals surface area contributed by atoms with Crippen LogP contribution in [0.4, 0.5) is 20.6 Å². The first-order valence-corrected chi connectivity index (χ1v) is 15.8. The monoisotopic (exact) mass is 594 g/mol. The predicted octanol–water partition coefficient (Wildman–Crippen LogP) is 6.69. The molecule has 2 bridgehead atoms. The number of aryl methyl sites for hydroxylation is 1. The zero-order valence-electron chi connectivity index (χ0n) is 23.5. The number of urea groups is 1. The predicted molar refractivity (Wildman–Crippen MR) is 165 cm³/mol. The number of anilines is 2. The molecule has 0 saturated carbocycles. The van der Waals surface area contributed by atoms with Crippen LogP contribution in [0.1, 0.15) is 42.5 Å². The number of nitrogens with one attached hydrogen (secondary N) is 1. The molecule has 0 spiro atoms. The second-order valence-corrected chi connectivity index (χ2v) is 12.3. The van der Waals surface area contributed by atoms with Crippen molar-refractivity contribution in [3.05, 3.63) is 88.7 Å². The number of carbonyl (C=O) groups excluding carboxylic acids is 1. The number of piperidine rings is 1. The van der Waals surface area contributed by atoms with Crippen LogP contribution >= 0.6 is 23.5 Å². The van der Waals surface area contributed by atoms with Crippen LogP contribution < -0.4 is 10.2 Å². The summed E-state index contributed by atoms with van der Waals surface area (Å²) >= 11 is 7.80. The molecule has 216 valence electrons. The van der Waals surface area contributed by atoms with Gasteiger partial charge in [-0.1, -0.05) is 35.7 Å². The van der Waals surface area contributed by atoms with Gasteiger partial charge >= 0.3 is 6.03 Å². The van der Waals surface area contributed by atoms with Crippen molar-refractivity contribution >= 4 is 41.0 Å². The van der Waals surface area contributed by atoms with E-state index in [1.807, 2.05) is 0 Å². The number of amides is 2. The molecule has 0 aliphatic carbocycles. The van der Waals surface area contributed by atoms with Crippen LogP contribution in [0.15, 0.2) is 60.7 Å². The van der Waals surface area contributed by atoms with Crippen LogP contribution in [0, 0.1) is 12.7 Å². The zero-order valence-corrected chi connectivity index (χ0v) is 25.0. The van der Waals surface area contributed by atoms with Gasteiger partial charge in [0.05, 0.1) is 12.2 Å². The van der Waals surface area contributed by atoms with Gasteiger partial charge in [0.1, 0.15) is 11.6 Å². The molecule has 1 aromatic heterocycles. The fourth-order valence-corrected chi connectivity index (χ4v) is 7.26. The first-order chi connectivity index (χ1) is 19.9. The molecule has 3 atom stereocenters. The smallest absolute Gasteiger partial charge is 0.326 e. The van der Waals surface area contributed by atoms with Crippen molar-refractivity contribution in [1.29, 1.82) is 0 Å². The van der Waals surface area contributed by atoms with Gasteiger partial charge < -0.3 is 9.88 Å². The molecule has 1 unspecified atom stereocenters. The highest BCUT2D eigenvalue weighted by Crippen LogP contribution is 2.39. The third-order valence-electron chi connectivity index (χ3n) is 8.53. The summed E-state index contributed by atoms with van der Waals surface area (Å²) < 4.78 is 18.6. The maximum absolute atomic E-state index is 13.7. The van der Waals surface area contributed by atoms with Crippen LogP contribution in [0.3, 0.4) is 0 Å². The first kappa shape index (κ1) is 28.3. The molecule has 3 aliphatic rings. The Hall–Kier alpha value is -2.85. The van der Waals surface area contributed by atoms with Crippen molar-refractivity contribution in [2.24, 2.45) is 0 Å². The summed E-state index contributed by atoms with van der Waals surface area (Å²) in [5.41, 5.74) is 3.99. The van der Waals surface area contributed by atoms with Crippen molar-refractivity contribution in [3.63, 3.8) is 0 Å². The zero-order chi connectivity index (χ0) is 28.5. The molecule has 1 N–H and O–H groups in total. The molecule has 1 saturated heterocycles. The van der Waals surface area contributed by atoms with E-state index in [1.165, 1.54) is 23.5 Å². The number of aromatic nitrogens is 2. The Kier molecular flexibility index (Phi) is 8.40. The van der Waals surface area contributed by atoms with Crippen LogP contribution in [0.25, 0.3) is 0 Å². The van der Waals surface area contributed by atoms with Crippen LogP contribution in [-0.2, 0) is 13.0 Å². The maximum Gasteiger partial charge on any atom is 0.326 e. The minimum Gasteiger partial charge on any atom is -0.329 e. The molecule has 10 heteroatoms. The second kappa shape index (κ2) is 12.2. The molecule has 3 aliphatic heterocycles. The molecular weight excluding hydrogens is 559 g/mol. The Morgan fingerprint density at radius 2 is 1.83 bits per heavy atom. The highest BCUT2D eigenvalue weighted by atomic mass is 35.5. The number of carbonyl (C=O) groups is 1. The van der Waals surface area contributed by atoms with Crippen LogP contribution in [-0.4, -0.2) is 62.8 Å². The van der Waals surface area contributed by atoms with E-state index in [0.29, 0.717) is 41.1 Å². The van der Waals surface area contributed by atoms with Gasteiger partial charge in [-0.3, -0.25) is 9.80 Å². The number of imidazole rings is 1. The van der Waals surface area contributed by atoms with E-state index in [0.717, 1.165) is 51.1 Å². The lowest BCUT2D eigenvalue weighted by Crippen LogP contribution is -2.46. The summed E-state index contributed by atoms with van der Waals surface area (Å²) in [4.78, 5) is 22.6. The van der Waals surface area contributed by atoms with E-state index in [1.54, 1.807) is 53.2 Å². The standard InChI is InChI=1S/C31H36ClFN6OS/c1-21-34-29-20-36(41-2)17-14-30(29)39(21)28-18-26-12-13-27(19-28)37(26)15-3-16-38(25-10-6-23(33)7-11-25)31(40)35-24-8-4-22(32)5-9-24/h4-13,26-28H,3,14-20H2,1-2H3,(H,35,40)/t26-,27+,28?. The van der Waals surface area contributed by atoms with Crippen molar-refractivity contribution < 1.29 is 9.18 Å². The van der Waals surface area contributed by atoms with Gasteiger partial charge in [0, 0.05) is 66.3 Å². The molecular formula is C31H36ClFN6OS. The summed E-state index contributed by atoms with van der Waals surface area (Å²) in [6.45, 7) is 5.54. The van der Waals surface area contributed by atoms with E-state index in [-0.39, 0.29) is 11.8 Å². The summed E-state index contributed by atoms with van der Waals surface area (Å²) in [5.74, 6) is 0.811. The largest absolute Gasteiger partial charge is 0.329 e. The third-order valence-corrected chi connectivity index (χ3v) is 9.61. The molecule has 0 radical (unpaired) electrons.